The molecule has 1 N–H and O–H groups in total. The second-order valence-electron chi connectivity index (χ2n) is 10.3. The van der Waals surface area contributed by atoms with E-state index in [1.165, 1.54) is 57.6 Å². The molecule has 13 heteroatoms. The van der Waals surface area contributed by atoms with Crippen LogP contribution in [0.15, 0.2) is 65.6 Å². The van der Waals surface area contributed by atoms with Gasteiger partial charge in [-0.3, -0.25) is 13.9 Å². The molecule has 244 valence electrons. The quantitative estimate of drug-likeness (QED) is 0.262. The van der Waals surface area contributed by atoms with Gasteiger partial charge in [-0.25, -0.2) is 8.42 Å². The van der Waals surface area contributed by atoms with Crippen molar-refractivity contribution in [1.82, 2.24) is 10.2 Å². The first-order valence-corrected chi connectivity index (χ1v) is 15.5. The standard InChI is InChI=1S/C32H41N3O9S/c1-21(2)33-32(37)22(3)34(19-23-9-11-24(40-4)12-10-23)31(36)20-35(27-17-25(41-5)13-15-28(27)42-6)45(38,39)26-14-16-29(43-7)30(18-26)44-8/h9-18,21-22H,19-20H2,1-8H3,(H,33,37)/t22-/m1/s1. The summed E-state index contributed by atoms with van der Waals surface area (Å²) >= 11 is 0. The first-order valence-electron chi connectivity index (χ1n) is 14.1. The van der Waals surface area contributed by atoms with Gasteiger partial charge in [0, 0.05) is 24.7 Å². The van der Waals surface area contributed by atoms with Crippen LogP contribution >= 0.6 is 0 Å². The lowest BCUT2D eigenvalue weighted by atomic mass is 10.1. The molecule has 0 aliphatic heterocycles. The lowest BCUT2D eigenvalue weighted by molar-refractivity contribution is -0.139. The third-order valence-corrected chi connectivity index (χ3v) is 8.74. The molecular formula is C32H41N3O9S. The minimum absolute atomic E-state index is 0.0228. The van der Waals surface area contributed by atoms with E-state index in [1.54, 1.807) is 50.4 Å². The number of carbonyl (C=O) groups excluding carboxylic acids is 2. The van der Waals surface area contributed by atoms with Crippen LogP contribution < -0.4 is 33.3 Å². The van der Waals surface area contributed by atoms with E-state index < -0.39 is 28.5 Å². The van der Waals surface area contributed by atoms with Crippen molar-refractivity contribution in [2.24, 2.45) is 0 Å². The number of hydrogen-bond acceptors (Lipinski definition) is 9. The molecule has 0 aliphatic carbocycles. The molecule has 45 heavy (non-hydrogen) atoms. The van der Waals surface area contributed by atoms with Crippen molar-refractivity contribution in [2.75, 3.05) is 46.4 Å². The minimum atomic E-state index is -4.45. The molecule has 0 saturated heterocycles. The number of carbonyl (C=O) groups is 2. The summed E-state index contributed by atoms with van der Waals surface area (Å²) in [4.78, 5) is 28.6. The summed E-state index contributed by atoms with van der Waals surface area (Å²) in [6, 6.07) is 14.7. The van der Waals surface area contributed by atoms with Gasteiger partial charge in [-0.2, -0.15) is 0 Å². The maximum Gasteiger partial charge on any atom is 0.265 e. The number of sulfonamides is 1. The highest BCUT2D eigenvalue weighted by atomic mass is 32.2. The molecule has 0 aromatic heterocycles. The fourth-order valence-corrected chi connectivity index (χ4v) is 5.96. The Morgan fingerprint density at radius 1 is 0.733 bits per heavy atom. The van der Waals surface area contributed by atoms with Crippen molar-refractivity contribution in [3.63, 3.8) is 0 Å². The number of ether oxygens (including phenoxy) is 5. The van der Waals surface area contributed by atoms with Gasteiger partial charge in [0.25, 0.3) is 10.0 Å². The van der Waals surface area contributed by atoms with E-state index in [1.807, 2.05) is 13.8 Å². The third kappa shape index (κ3) is 8.29. The van der Waals surface area contributed by atoms with Crippen LogP contribution in [0.2, 0.25) is 0 Å². The van der Waals surface area contributed by atoms with Crippen LogP contribution in [0.25, 0.3) is 0 Å². The number of anilines is 1. The van der Waals surface area contributed by atoms with Crippen molar-refractivity contribution >= 4 is 27.5 Å². The zero-order valence-electron chi connectivity index (χ0n) is 26.8. The van der Waals surface area contributed by atoms with Gasteiger partial charge < -0.3 is 33.9 Å². The molecule has 2 amide bonds. The Bertz CT molecular complexity index is 1580. The molecule has 3 rings (SSSR count). The Morgan fingerprint density at radius 2 is 1.31 bits per heavy atom. The first kappa shape index (κ1) is 34.8. The van der Waals surface area contributed by atoms with Gasteiger partial charge in [0.1, 0.15) is 29.8 Å². The van der Waals surface area contributed by atoms with E-state index in [2.05, 4.69) is 5.32 Å². The maximum absolute atomic E-state index is 14.4. The molecule has 3 aromatic rings. The van der Waals surface area contributed by atoms with Crippen LogP contribution in [-0.4, -0.2) is 79.3 Å². The van der Waals surface area contributed by atoms with Crippen molar-refractivity contribution in [3.8, 4) is 28.7 Å². The van der Waals surface area contributed by atoms with Gasteiger partial charge in [0.2, 0.25) is 11.8 Å². The van der Waals surface area contributed by atoms with Crippen molar-refractivity contribution in [2.45, 2.75) is 44.3 Å². The molecule has 0 unspecified atom stereocenters. The highest BCUT2D eigenvalue weighted by Gasteiger charge is 2.34. The lowest BCUT2D eigenvalue weighted by Gasteiger charge is -2.32. The summed E-state index contributed by atoms with van der Waals surface area (Å²) in [5.41, 5.74) is 0.769. The summed E-state index contributed by atoms with van der Waals surface area (Å²) in [5.74, 6) is 0.632. The van der Waals surface area contributed by atoms with Gasteiger partial charge in [-0.15, -0.1) is 0 Å². The monoisotopic (exact) mass is 643 g/mol. The topological polar surface area (TPSA) is 133 Å². The number of rotatable bonds is 15. The van der Waals surface area contributed by atoms with E-state index in [9.17, 15) is 18.0 Å². The second-order valence-corrected chi connectivity index (χ2v) is 12.1. The average Bonchev–Trinajstić information content (AvgIpc) is 3.04. The highest BCUT2D eigenvalue weighted by Crippen LogP contribution is 2.37. The highest BCUT2D eigenvalue weighted by molar-refractivity contribution is 7.92. The Kier molecular flexibility index (Phi) is 11.9. The molecule has 0 saturated carbocycles. The number of methoxy groups -OCH3 is 5. The number of benzene rings is 3. The molecule has 0 bridgehead atoms. The van der Waals surface area contributed by atoms with Crippen LogP contribution in [0, 0.1) is 0 Å². The van der Waals surface area contributed by atoms with E-state index in [0.29, 0.717) is 22.8 Å². The number of hydrogen-bond donors (Lipinski definition) is 1. The van der Waals surface area contributed by atoms with Gasteiger partial charge in [0.15, 0.2) is 11.5 Å². The molecular weight excluding hydrogens is 602 g/mol. The van der Waals surface area contributed by atoms with Crippen molar-refractivity contribution < 1.29 is 41.7 Å². The van der Waals surface area contributed by atoms with E-state index in [4.69, 9.17) is 23.7 Å². The van der Waals surface area contributed by atoms with Crippen molar-refractivity contribution in [3.05, 3.63) is 66.2 Å². The Morgan fingerprint density at radius 3 is 1.87 bits per heavy atom. The molecule has 0 spiro atoms. The predicted octanol–water partition coefficient (Wildman–Crippen LogP) is 3.87. The van der Waals surface area contributed by atoms with Gasteiger partial charge >= 0.3 is 0 Å². The average molecular weight is 644 g/mol. The second kappa shape index (κ2) is 15.4. The van der Waals surface area contributed by atoms with Crippen LogP contribution in [0.3, 0.4) is 0 Å². The molecule has 3 aromatic carbocycles. The Labute approximate surface area is 264 Å². The van der Waals surface area contributed by atoms with Crippen LogP contribution in [-0.2, 0) is 26.2 Å². The fraction of sp³-hybridized carbons (Fsp3) is 0.375. The Balaban J connectivity index is 2.16. The summed E-state index contributed by atoms with van der Waals surface area (Å²) in [7, 11) is 2.76. The van der Waals surface area contributed by atoms with Gasteiger partial charge in [-0.1, -0.05) is 12.1 Å². The first-order chi connectivity index (χ1) is 21.4. The zero-order valence-corrected chi connectivity index (χ0v) is 27.6. The van der Waals surface area contributed by atoms with Crippen LogP contribution in [0.4, 0.5) is 5.69 Å². The lowest BCUT2D eigenvalue weighted by Crippen LogP contribution is -2.52. The number of nitrogens with zero attached hydrogens (tertiary/aromatic N) is 2. The molecule has 0 fully saturated rings. The van der Waals surface area contributed by atoms with Gasteiger partial charge in [0.05, 0.1) is 46.1 Å². The fourth-order valence-electron chi connectivity index (χ4n) is 4.52. The summed E-state index contributed by atoms with van der Waals surface area (Å²) in [6.07, 6.45) is 0. The third-order valence-electron chi connectivity index (χ3n) is 6.99. The van der Waals surface area contributed by atoms with E-state index in [0.717, 1.165) is 4.31 Å². The maximum atomic E-state index is 14.4. The molecule has 0 heterocycles. The van der Waals surface area contributed by atoms with Crippen LogP contribution in [0.5, 0.6) is 28.7 Å². The summed E-state index contributed by atoms with van der Waals surface area (Å²) in [6.45, 7) is 4.57. The minimum Gasteiger partial charge on any atom is -0.497 e. The summed E-state index contributed by atoms with van der Waals surface area (Å²) < 4.78 is 56.5. The largest absolute Gasteiger partial charge is 0.497 e. The van der Waals surface area contributed by atoms with Crippen molar-refractivity contribution in [1.29, 1.82) is 0 Å². The predicted molar refractivity (Wildman–Crippen MR) is 170 cm³/mol. The Hall–Kier alpha value is -4.65. The normalized spacial score (nSPS) is 11.8. The van der Waals surface area contributed by atoms with Crippen LogP contribution in [0.1, 0.15) is 26.3 Å². The molecule has 0 aliphatic rings. The molecule has 1 atom stereocenters. The van der Waals surface area contributed by atoms with E-state index >= 15 is 0 Å². The smallest absolute Gasteiger partial charge is 0.265 e. The SMILES string of the molecule is COc1ccc(CN(C(=O)CN(c2cc(OC)ccc2OC)S(=O)(=O)c2ccc(OC)c(OC)c2)[C@H](C)C(=O)NC(C)C)cc1. The van der Waals surface area contributed by atoms with E-state index in [-0.39, 0.29) is 40.6 Å². The van der Waals surface area contributed by atoms with Gasteiger partial charge in [-0.05, 0) is 62.7 Å². The number of nitrogens with one attached hydrogen (secondary N) is 1. The zero-order chi connectivity index (χ0) is 33.3. The number of amides is 2. The molecule has 12 nitrogen and oxygen atoms in total. The summed E-state index contributed by atoms with van der Waals surface area (Å²) in [5, 5.41) is 2.83. The molecule has 0 radical (unpaired) electrons.